The molecule has 18 heavy (non-hydrogen) atoms. The predicted octanol–water partition coefficient (Wildman–Crippen LogP) is 1.40. The summed E-state index contributed by atoms with van der Waals surface area (Å²) in [6.45, 7) is 3.99. The van der Waals surface area contributed by atoms with Gasteiger partial charge in [-0.05, 0) is 18.1 Å². The van der Waals surface area contributed by atoms with Crippen LogP contribution in [0.15, 0.2) is 24.3 Å². The van der Waals surface area contributed by atoms with E-state index in [4.69, 9.17) is 0 Å². The number of benzene rings is 1. The first kappa shape index (κ1) is 12.7. The Kier molecular flexibility index (Phi) is 4.38. The van der Waals surface area contributed by atoms with Crippen molar-refractivity contribution in [3.8, 4) is 11.8 Å². The molecule has 0 aromatic heterocycles. The van der Waals surface area contributed by atoms with Gasteiger partial charge in [0.05, 0.1) is 5.92 Å². The van der Waals surface area contributed by atoms with E-state index in [1.165, 1.54) is 5.56 Å². The fraction of sp³-hybridized carbons (Fsp3) is 0.400. The van der Waals surface area contributed by atoms with Crippen LogP contribution < -0.4 is 10.6 Å². The minimum Gasteiger partial charge on any atom is -0.355 e. The maximum absolute atomic E-state index is 12.1. The van der Waals surface area contributed by atoms with Crippen LogP contribution in [0.25, 0.3) is 0 Å². The van der Waals surface area contributed by atoms with E-state index in [0.29, 0.717) is 19.5 Å². The Hall–Kier alpha value is -1.79. The number of carbonyl (C=O) groups excluding carboxylic acids is 1. The van der Waals surface area contributed by atoms with E-state index in [0.717, 1.165) is 12.1 Å². The van der Waals surface area contributed by atoms with Crippen LogP contribution in [0, 0.1) is 11.8 Å². The summed E-state index contributed by atoms with van der Waals surface area (Å²) >= 11 is 0. The van der Waals surface area contributed by atoms with Gasteiger partial charge in [-0.15, -0.1) is 11.8 Å². The molecule has 1 aromatic carbocycles. The van der Waals surface area contributed by atoms with Crippen molar-refractivity contribution in [3.63, 3.8) is 0 Å². The molecule has 1 atom stereocenters. The Balaban J connectivity index is 2.00. The zero-order valence-electron chi connectivity index (χ0n) is 10.6. The van der Waals surface area contributed by atoms with Crippen molar-refractivity contribution < 1.29 is 4.79 Å². The predicted molar refractivity (Wildman–Crippen MR) is 72.0 cm³/mol. The number of hydrogen-bond donors (Lipinski definition) is 2. The summed E-state index contributed by atoms with van der Waals surface area (Å²) < 4.78 is 0. The Labute approximate surface area is 108 Å². The second-order valence-corrected chi connectivity index (χ2v) is 4.35. The first-order valence-electron chi connectivity index (χ1n) is 6.28. The van der Waals surface area contributed by atoms with E-state index in [1.54, 1.807) is 0 Å². The molecule has 0 saturated carbocycles. The molecule has 0 radical (unpaired) electrons. The molecular formula is C15H18N2O. The third-order valence-corrected chi connectivity index (χ3v) is 3.14. The van der Waals surface area contributed by atoms with E-state index in [9.17, 15) is 4.79 Å². The largest absolute Gasteiger partial charge is 0.355 e. The standard InChI is InChI=1S/C15H18N2O/c1-2-3-6-9-17-15(18)14-11-16-10-12-7-4-5-8-13(12)14/h4-5,7-8,14,16H,6,9-11H2,1H3,(H,17,18). The van der Waals surface area contributed by atoms with Gasteiger partial charge in [-0.1, -0.05) is 24.3 Å². The summed E-state index contributed by atoms with van der Waals surface area (Å²) in [4.78, 5) is 12.1. The lowest BCUT2D eigenvalue weighted by molar-refractivity contribution is -0.122. The van der Waals surface area contributed by atoms with Crippen LogP contribution in [0.5, 0.6) is 0 Å². The lowest BCUT2D eigenvalue weighted by Crippen LogP contribution is -2.39. The first-order valence-corrected chi connectivity index (χ1v) is 6.28. The van der Waals surface area contributed by atoms with Gasteiger partial charge >= 0.3 is 0 Å². The Bertz CT molecular complexity index is 485. The van der Waals surface area contributed by atoms with E-state index < -0.39 is 0 Å². The van der Waals surface area contributed by atoms with Gasteiger partial charge in [-0.25, -0.2) is 0 Å². The molecule has 0 saturated heterocycles. The molecule has 1 aliphatic heterocycles. The van der Waals surface area contributed by atoms with E-state index >= 15 is 0 Å². The van der Waals surface area contributed by atoms with Gasteiger partial charge in [0.2, 0.25) is 5.91 Å². The molecule has 1 unspecified atom stereocenters. The fourth-order valence-electron chi connectivity index (χ4n) is 2.23. The van der Waals surface area contributed by atoms with Crippen LogP contribution in [-0.2, 0) is 11.3 Å². The van der Waals surface area contributed by atoms with Crippen LogP contribution in [0.1, 0.15) is 30.4 Å². The van der Waals surface area contributed by atoms with Crippen molar-refractivity contribution >= 4 is 5.91 Å². The number of hydrogen-bond acceptors (Lipinski definition) is 2. The molecule has 1 heterocycles. The van der Waals surface area contributed by atoms with Crippen molar-refractivity contribution in [1.82, 2.24) is 10.6 Å². The highest BCUT2D eigenvalue weighted by molar-refractivity contribution is 5.84. The smallest absolute Gasteiger partial charge is 0.228 e. The number of amides is 1. The summed E-state index contributed by atoms with van der Waals surface area (Å²) in [6.07, 6.45) is 0.712. The lowest BCUT2D eigenvalue weighted by Gasteiger charge is -2.25. The lowest BCUT2D eigenvalue weighted by atomic mass is 9.90. The molecule has 1 aromatic rings. The van der Waals surface area contributed by atoms with Gasteiger partial charge in [0.1, 0.15) is 0 Å². The molecule has 1 aliphatic rings. The van der Waals surface area contributed by atoms with Crippen LogP contribution in [0.2, 0.25) is 0 Å². The number of nitrogens with one attached hydrogen (secondary N) is 2. The van der Waals surface area contributed by atoms with Gasteiger partial charge in [0, 0.05) is 26.1 Å². The van der Waals surface area contributed by atoms with Crippen molar-refractivity contribution in [1.29, 1.82) is 0 Å². The second-order valence-electron chi connectivity index (χ2n) is 4.35. The van der Waals surface area contributed by atoms with Gasteiger partial charge in [0.15, 0.2) is 0 Å². The fourth-order valence-corrected chi connectivity index (χ4v) is 2.23. The van der Waals surface area contributed by atoms with Crippen LogP contribution in [0.3, 0.4) is 0 Å². The van der Waals surface area contributed by atoms with E-state index in [2.05, 4.69) is 28.5 Å². The van der Waals surface area contributed by atoms with Gasteiger partial charge < -0.3 is 10.6 Å². The van der Waals surface area contributed by atoms with Crippen LogP contribution in [0.4, 0.5) is 0 Å². The molecule has 3 heteroatoms. The van der Waals surface area contributed by atoms with E-state index in [1.807, 2.05) is 25.1 Å². The Morgan fingerprint density at radius 2 is 2.33 bits per heavy atom. The molecular weight excluding hydrogens is 224 g/mol. The molecule has 3 nitrogen and oxygen atoms in total. The summed E-state index contributed by atoms with van der Waals surface area (Å²) in [7, 11) is 0. The summed E-state index contributed by atoms with van der Waals surface area (Å²) in [6, 6.07) is 8.13. The van der Waals surface area contributed by atoms with Crippen LogP contribution >= 0.6 is 0 Å². The highest BCUT2D eigenvalue weighted by Gasteiger charge is 2.25. The van der Waals surface area contributed by atoms with Crippen molar-refractivity contribution in [2.24, 2.45) is 0 Å². The number of rotatable bonds is 3. The van der Waals surface area contributed by atoms with Gasteiger partial charge in [-0.2, -0.15) is 0 Å². The SMILES string of the molecule is CC#CCCNC(=O)C1CNCc2ccccc21. The monoisotopic (exact) mass is 242 g/mol. The second kappa shape index (κ2) is 6.23. The van der Waals surface area contributed by atoms with Gasteiger partial charge in [0.25, 0.3) is 0 Å². The topological polar surface area (TPSA) is 41.1 Å². The Morgan fingerprint density at radius 1 is 1.50 bits per heavy atom. The highest BCUT2D eigenvalue weighted by atomic mass is 16.1. The molecule has 0 aliphatic carbocycles. The third kappa shape index (κ3) is 2.91. The number of carbonyl (C=O) groups is 1. The average Bonchev–Trinajstić information content (AvgIpc) is 2.43. The van der Waals surface area contributed by atoms with Crippen LogP contribution in [-0.4, -0.2) is 19.0 Å². The summed E-state index contributed by atoms with van der Waals surface area (Å²) in [5.74, 6) is 5.78. The average molecular weight is 242 g/mol. The highest BCUT2D eigenvalue weighted by Crippen LogP contribution is 2.23. The molecule has 0 bridgehead atoms. The first-order chi connectivity index (χ1) is 8.83. The molecule has 0 fully saturated rings. The van der Waals surface area contributed by atoms with Gasteiger partial charge in [-0.3, -0.25) is 4.79 Å². The van der Waals surface area contributed by atoms with E-state index in [-0.39, 0.29) is 11.8 Å². The van der Waals surface area contributed by atoms with Crippen molar-refractivity contribution in [3.05, 3.63) is 35.4 Å². The normalized spacial score (nSPS) is 17.3. The molecule has 2 rings (SSSR count). The molecule has 0 spiro atoms. The molecule has 2 N–H and O–H groups in total. The Morgan fingerprint density at radius 3 is 3.17 bits per heavy atom. The minimum absolute atomic E-state index is 0.0791. The number of fused-ring (bicyclic) bond motifs is 1. The molecule has 1 amide bonds. The quantitative estimate of drug-likeness (QED) is 0.621. The summed E-state index contributed by atoms with van der Waals surface area (Å²) in [5, 5.41) is 6.23. The maximum Gasteiger partial charge on any atom is 0.228 e. The minimum atomic E-state index is -0.0791. The third-order valence-electron chi connectivity index (χ3n) is 3.14. The summed E-state index contributed by atoms with van der Waals surface area (Å²) in [5.41, 5.74) is 2.37. The van der Waals surface area contributed by atoms with Crippen molar-refractivity contribution in [2.75, 3.05) is 13.1 Å². The zero-order valence-corrected chi connectivity index (χ0v) is 10.6. The maximum atomic E-state index is 12.1. The zero-order chi connectivity index (χ0) is 12.8. The molecule has 94 valence electrons. The van der Waals surface area contributed by atoms with Crippen molar-refractivity contribution in [2.45, 2.75) is 25.8 Å².